The van der Waals surface area contributed by atoms with Gasteiger partial charge in [0.25, 0.3) is 0 Å². The number of hydrogen-bond donors (Lipinski definition) is 1. The number of aryl methyl sites for hydroxylation is 1. The van der Waals surface area contributed by atoms with Crippen molar-refractivity contribution in [1.82, 2.24) is 15.0 Å². The van der Waals surface area contributed by atoms with Crippen LogP contribution in [0.2, 0.25) is 0 Å². The lowest BCUT2D eigenvalue weighted by Gasteiger charge is -2.12. The molecule has 1 aromatic heterocycles. The number of alkyl halides is 3. The van der Waals surface area contributed by atoms with E-state index < -0.39 is 12.3 Å². The summed E-state index contributed by atoms with van der Waals surface area (Å²) in [7, 11) is 0. The lowest BCUT2D eigenvalue weighted by molar-refractivity contribution is -0.274. The van der Waals surface area contributed by atoms with Gasteiger partial charge in [-0.25, -0.2) is 9.48 Å². The zero-order valence-corrected chi connectivity index (χ0v) is 11.1. The molecule has 0 bridgehead atoms. The predicted molar refractivity (Wildman–Crippen MR) is 67.0 cm³/mol. The van der Waals surface area contributed by atoms with Gasteiger partial charge in [-0.1, -0.05) is 5.21 Å². The Bertz CT molecular complexity index is 740. The predicted octanol–water partition coefficient (Wildman–Crippen LogP) is 2.35. The van der Waals surface area contributed by atoms with E-state index in [1.807, 2.05) is 0 Å². The topological polar surface area (TPSA) is 77.2 Å². The molecule has 0 unspecified atom stereocenters. The van der Waals surface area contributed by atoms with Crippen molar-refractivity contribution in [3.63, 3.8) is 0 Å². The van der Waals surface area contributed by atoms with Crippen LogP contribution in [0.3, 0.4) is 0 Å². The van der Waals surface area contributed by atoms with Crippen molar-refractivity contribution in [3.05, 3.63) is 35.2 Å². The molecule has 1 aromatic carbocycles. The third kappa shape index (κ3) is 2.61. The fourth-order valence-corrected chi connectivity index (χ4v) is 2.50. The SMILES string of the molecule is O=C(O)c1nnn2c1CCCc1cc(OC(F)(F)F)ccc1-2. The summed E-state index contributed by atoms with van der Waals surface area (Å²) in [6.07, 6.45) is -3.25. The fourth-order valence-electron chi connectivity index (χ4n) is 2.50. The number of carbonyl (C=O) groups is 1. The summed E-state index contributed by atoms with van der Waals surface area (Å²) >= 11 is 0. The zero-order chi connectivity index (χ0) is 15.9. The van der Waals surface area contributed by atoms with Crippen LogP contribution in [-0.2, 0) is 12.8 Å². The molecule has 0 saturated carbocycles. The van der Waals surface area contributed by atoms with E-state index in [1.165, 1.54) is 22.9 Å². The Morgan fingerprint density at radius 2 is 2.09 bits per heavy atom. The molecule has 3 rings (SSSR count). The fraction of sp³-hybridized carbons (Fsp3) is 0.308. The van der Waals surface area contributed by atoms with Gasteiger partial charge in [0.05, 0.1) is 11.4 Å². The van der Waals surface area contributed by atoms with Gasteiger partial charge in [-0.05, 0) is 43.0 Å². The largest absolute Gasteiger partial charge is 0.573 e. The number of aromatic carboxylic acids is 1. The molecule has 0 radical (unpaired) electrons. The zero-order valence-electron chi connectivity index (χ0n) is 11.1. The summed E-state index contributed by atoms with van der Waals surface area (Å²) in [5, 5.41) is 16.5. The highest BCUT2D eigenvalue weighted by Crippen LogP contribution is 2.30. The van der Waals surface area contributed by atoms with Crippen LogP contribution in [-0.4, -0.2) is 32.4 Å². The van der Waals surface area contributed by atoms with Crippen molar-refractivity contribution in [2.75, 3.05) is 0 Å². The minimum Gasteiger partial charge on any atom is -0.476 e. The van der Waals surface area contributed by atoms with Crippen LogP contribution in [0.15, 0.2) is 18.2 Å². The van der Waals surface area contributed by atoms with E-state index in [9.17, 15) is 18.0 Å². The van der Waals surface area contributed by atoms with Gasteiger partial charge in [0, 0.05) is 0 Å². The second kappa shape index (κ2) is 5.00. The van der Waals surface area contributed by atoms with Crippen LogP contribution in [0.4, 0.5) is 13.2 Å². The molecule has 6 nitrogen and oxygen atoms in total. The Morgan fingerprint density at radius 1 is 1.32 bits per heavy atom. The quantitative estimate of drug-likeness (QED) is 0.921. The standard InChI is InChI=1S/C13H10F3N3O3/c14-13(15,16)22-8-4-5-9-7(6-8)2-1-3-10-11(12(20)21)17-18-19(9)10/h4-6H,1-3H2,(H,20,21). The molecule has 2 heterocycles. The van der Waals surface area contributed by atoms with Gasteiger partial charge in [-0.15, -0.1) is 18.3 Å². The van der Waals surface area contributed by atoms with Crippen molar-refractivity contribution < 1.29 is 27.8 Å². The van der Waals surface area contributed by atoms with E-state index in [2.05, 4.69) is 15.0 Å². The van der Waals surface area contributed by atoms with E-state index >= 15 is 0 Å². The van der Waals surface area contributed by atoms with Crippen molar-refractivity contribution in [3.8, 4) is 11.4 Å². The molecule has 1 aliphatic heterocycles. The summed E-state index contributed by atoms with van der Waals surface area (Å²) in [5.41, 5.74) is 1.42. The number of carboxylic acids is 1. The number of nitrogens with zero attached hydrogens (tertiary/aromatic N) is 3. The average molecular weight is 313 g/mol. The maximum atomic E-state index is 12.3. The summed E-state index contributed by atoms with van der Waals surface area (Å²) in [4.78, 5) is 11.1. The van der Waals surface area contributed by atoms with Crippen molar-refractivity contribution >= 4 is 5.97 Å². The second-order valence-corrected chi connectivity index (χ2v) is 4.79. The Hall–Kier alpha value is -2.58. The first-order valence-corrected chi connectivity index (χ1v) is 6.42. The molecule has 0 saturated heterocycles. The molecule has 2 aromatic rings. The monoisotopic (exact) mass is 313 g/mol. The van der Waals surface area contributed by atoms with Crippen molar-refractivity contribution in [2.24, 2.45) is 0 Å². The summed E-state index contributed by atoms with van der Waals surface area (Å²) in [5.74, 6) is -1.49. The summed E-state index contributed by atoms with van der Waals surface area (Å²) in [6.45, 7) is 0. The van der Waals surface area contributed by atoms with Gasteiger partial charge in [-0.2, -0.15) is 0 Å². The first kappa shape index (κ1) is 14.4. The van der Waals surface area contributed by atoms with Crippen LogP contribution >= 0.6 is 0 Å². The molecule has 9 heteroatoms. The molecule has 0 amide bonds. The minimum atomic E-state index is -4.76. The Labute approximate surface area is 122 Å². The lowest BCUT2D eigenvalue weighted by Crippen LogP contribution is -2.17. The third-order valence-electron chi connectivity index (χ3n) is 3.34. The highest BCUT2D eigenvalue weighted by Gasteiger charge is 2.31. The maximum Gasteiger partial charge on any atom is 0.573 e. The lowest BCUT2D eigenvalue weighted by atomic mass is 10.1. The van der Waals surface area contributed by atoms with Gasteiger partial charge in [0.15, 0.2) is 5.69 Å². The Kier molecular flexibility index (Phi) is 3.27. The number of ether oxygens (including phenoxy) is 1. The highest BCUT2D eigenvalue weighted by molar-refractivity contribution is 5.86. The van der Waals surface area contributed by atoms with E-state index in [4.69, 9.17) is 5.11 Å². The summed E-state index contributed by atoms with van der Waals surface area (Å²) < 4.78 is 42.1. The number of fused-ring (bicyclic) bond motifs is 3. The average Bonchev–Trinajstić information content (AvgIpc) is 2.73. The molecule has 116 valence electrons. The van der Waals surface area contributed by atoms with Crippen LogP contribution in [0.25, 0.3) is 5.69 Å². The van der Waals surface area contributed by atoms with E-state index in [1.54, 1.807) is 0 Å². The van der Waals surface area contributed by atoms with Crippen LogP contribution in [0, 0.1) is 0 Å². The number of aromatic nitrogens is 3. The molecule has 0 spiro atoms. The van der Waals surface area contributed by atoms with E-state index in [0.29, 0.717) is 36.2 Å². The van der Waals surface area contributed by atoms with Crippen molar-refractivity contribution in [1.29, 1.82) is 0 Å². The number of rotatable bonds is 2. The number of benzene rings is 1. The number of carboxylic acid groups (broad SMARTS) is 1. The smallest absolute Gasteiger partial charge is 0.476 e. The summed E-state index contributed by atoms with van der Waals surface area (Å²) in [6, 6.07) is 3.88. The van der Waals surface area contributed by atoms with Crippen LogP contribution in [0.5, 0.6) is 5.75 Å². The number of halogens is 3. The molecule has 1 N–H and O–H groups in total. The first-order valence-electron chi connectivity index (χ1n) is 6.42. The molecule has 0 atom stereocenters. The molecule has 1 aliphatic rings. The Morgan fingerprint density at radius 3 is 2.77 bits per heavy atom. The van der Waals surface area contributed by atoms with Gasteiger partial charge in [0.1, 0.15) is 5.75 Å². The molecule has 0 fully saturated rings. The van der Waals surface area contributed by atoms with Crippen molar-refractivity contribution in [2.45, 2.75) is 25.6 Å². The molecule has 22 heavy (non-hydrogen) atoms. The van der Waals surface area contributed by atoms with Crippen LogP contribution in [0.1, 0.15) is 28.2 Å². The normalized spacial score (nSPS) is 14.0. The van der Waals surface area contributed by atoms with Gasteiger partial charge < -0.3 is 9.84 Å². The highest BCUT2D eigenvalue weighted by atomic mass is 19.4. The van der Waals surface area contributed by atoms with E-state index in [-0.39, 0.29) is 11.4 Å². The van der Waals surface area contributed by atoms with Crippen LogP contribution < -0.4 is 4.74 Å². The first-order chi connectivity index (χ1) is 10.3. The number of hydrogen-bond acceptors (Lipinski definition) is 4. The third-order valence-corrected chi connectivity index (χ3v) is 3.34. The maximum absolute atomic E-state index is 12.3. The molecular formula is C13H10F3N3O3. The second-order valence-electron chi connectivity index (χ2n) is 4.79. The van der Waals surface area contributed by atoms with Gasteiger partial charge in [-0.3, -0.25) is 0 Å². The van der Waals surface area contributed by atoms with Gasteiger partial charge >= 0.3 is 12.3 Å². The Balaban J connectivity index is 2.05. The minimum absolute atomic E-state index is 0.136. The molecular weight excluding hydrogens is 303 g/mol. The molecule has 0 aliphatic carbocycles. The van der Waals surface area contributed by atoms with E-state index in [0.717, 1.165) is 0 Å². The van der Waals surface area contributed by atoms with Gasteiger partial charge in [0.2, 0.25) is 0 Å².